The largest absolute Gasteiger partial charge is 0.443 e. The minimum Gasteiger partial charge on any atom is -0.334 e. The van der Waals surface area contributed by atoms with Crippen molar-refractivity contribution in [1.82, 2.24) is 4.98 Å². The summed E-state index contributed by atoms with van der Waals surface area (Å²) in [5.74, 6) is 0. The van der Waals surface area contributed by atoms with E-state index >= 15 is 0 Å². The molecule has 0 aliphatic heterocycles. The lowest BCUT2D eigenvalue weighted by atomic mass is 10.6. The van der Waals surface area contributed by atoms with Gasteiger partial charge in [-0.25, -0.2) is 4.98 Å². The second-order valence-corrected chi connectivity index (χ2v) is 5.57. The molecule has 3 nitrogen and oxygen atoms in total. The Morgan fingerprint density at radius 3 is 2.29 bits per heavy atom. The summed E-state index contributed by atoms with van der Waals surface area (Å²) in [6.07, 6.45) is -2.78. The summed E-state index contributed by atoms with van der Waals surface area (Å²) >= 11 is 0.640. The number of aromatic nitrogens is 1. The van der Waals surface area contributed by atoms with Crippen LogP contribution in [-0.2, 0) is 21.4 Å². The molecule has 0 aliphatic carbocycles. The second-order valence-electron chi connectivity index (χ2n) is 2.96. The van der Waals surface area contributed by atoms with Gasteiger partial charge >= 0.3 is 6.18 Å². The van der Waals surface area contributed by atoms with Crippen molar-refractivity contribution in [3.8, 4) is 0 Å². The van der Waals surface area contributed by atoms with Gasteiger partial charge in [-0.05, 0) is 13.8 Å². The van der Waals surface area contributed by atoms with Crippen LogP contribution < -0.4 is 0 Å². The maximum Gasteiger partial charge on any atom is 0.443 e. The molecule has 1 aromatic heterocycles. The van der Waals surface area contributed by atoms with Crippen LogP contribution in [0.1, 0.15) is 23.7 Å². The molecule has 0 atom stereocenters. The van der Waals surface area contributed by atoms with Crippen molar-refractivity contribution in [3.63, 3.8) is 0 Å². The van der Waals surface area contributed by atoms with Crippen LogP contribution in [0.2, 0.25) is 0 Å². The summed E-state index contributed by atoms with van der Waals surface area (Å²) in [5, 5.41) is -0.824. The average molecular weight is 287 g/mol. The maximum absolute atomic E-state index is 12.3. The standard InChI is InChI=1S/C9H13F3NO2PS/c1-3-14-16(15-4-2)6-7-5-13-8(17-7)9(10,11)12/h5H,3-4,6H2,1-2H3. The molecule has 8 heteroatoms. The topological polar surface area (TPSA) is 31.4 Å². The molecule has 0 fully saturated rings. The molecule has 0 aromatic carbocycles. The van der Waals surface area contributed by atoms with Crippen LogP contribution in [0.15, 0.2) is 6.20 Å². The van der Waals surface area contributed by atoms with Crippen molar-refractivity contribution in [3.05, 3.63) is 16.1 Å². The van der Waals surface area contributed by atoms with Crippen LogP contribution in [0.4, 0.5) is 13.2 Å². The second kappa shape index (κ2) is 6.64. The van der Waals surface area contributed by atoms with E-state index < -0.39 is 19.6 Å². The van der Waals surface area contributed by atoms with E-state index in [1.165, 1.54) is 6.20 Å². The van der Waals surface area contributed by atoms with Crippen LogP contribution in [0.5, 0.6) is 0 Å². The van der Waals surface area contributed by atoms with Crippen molar-refractivity contribution in [2.45, 2.75) is 26.2 Å². The van der Waals surface area contributed by atoms with E-state index in [0.717, 1.165) is 0 Å². The normalized spacial score (nSPS) is 12.4. The van der Waals surface area contributed by atoms with Crippen molar-refractivity contribution in [2.24, 2.45) is 0 Å². The van der Waals surface area contributed by atoms with Gasteiger partial charge in [-0.3, -0.25) is 0 Å². The summed E-state index contributed by atoms with van der Waals surface area (Å²) in [6, 6.07) is 0. The molecule has 1 rings (SSSR count). The highest BCUT2D eigenvalue weighted by Gasteiger charge is 2.34. The number of halogens is 3. The van der Waals surface area contributed by atoms with E-state index in [1.54, 1.807) is 0 Å². The quantitative estimate of drug-likeness (QED) is 0.740. The third kappa shape index (κ3) is 4.87. The predicted molar refractivity (Wildman–Crippen MR) is 61.0 cm³/mol. The molecule has 0 bridgehead atoms. The number of alkyl halides is 3. The Labute approximate surface area is 103 Å². The monoisotopic (exact) mass is 287 g/mol. The highest BCUT2D eigenvalue weighted by Crippen LogP contribution is 2.44. The zero-order valence-corrected chi connectivity index (χ0v) is 11.2. The number of hydrogen-bond donors (Lipinski definition) is 0. The molecular weight excluding hydrogens is 274 g/mol. The zero-order valence-electron chi connectivity index (χ0n) is 9.45. The fourth-order valence-electron chi connectivity index (χ4n) is 1.06. The smallest absolute Gasteiger partial charge is 0.334 e. The van der Waals surface area contributed by atoms with Crippen LogP contribution in [-0.4, -0.2) is 18.2 Å². The number of nitrogens with zero attached hydrogens (tertiary/aromatic N) is 1. The first-order chi connectivity index (χ1) is 7.97. The fourth-order valence-corrected chi connectivity index (χ4v) is 3.37. The van der Waals surface area contributed by atoms with Gasteiger partial charge in [0.25, 0.3) is 0 Å². The Balaban J connectivity index is 2.63. The van der Waals surface area contributed by atoms with Crippen molar-refractivity contribution in [1.29, 1.82) is 0 Å². The van der Waals surface area contributed by atoms with E-state index in [9.17, 15) is 13.2 Å². The molecule has 0 unspecified atom stereocenters. The van der Waals surface area contributed by atoms with Crippen LogP contribution in [0.3, 0.4) is 0 Å². The minimum atomic E-state index is -4.37. The average Bonchev–Trinajstić information content (AvgIpc) is 2.66. The van der Waals surface area contributed by atoms with Crippen LogP contribution in [0, 0.1) is 0 Å². The van der Waals surface area contributed by atoms with Gasteiger partial charge in [-0.15, -0.1) is 11.3 Å². The molecule has 98 valence electrons. The highest BCUT2D eigenvalue weighted by atomic mass is 32.1. The van der Waals surface area contributed by atoms with Gasteiger partial charge in [0.15, 0.2) is 13.4 Å². The summed E-state index contributed by atoms with van der Waals surface area (Å²) < 4.78 is 47.6. The number of thiazole rings is 1. The molecular formula is C9H13F3NO2PS. The van der Waals surface area contributed by atoms with Crippen LogP contribution >= 0.6 is 19.7 Å². The Kier molecular flexibility index (Phi) is 5.79. The first kappa shape index (κ1) is 14.8. The molecule has 0 aliphatic rings. The lowest BCUT2D eigenvalue weighted by Crippen LogP contribution is -2.02. The Hall–Kier alpha value is -0.230. The van der Waals surface area contributed by atoms with Gasteiger partial charge in [0.1, 0.15) is 0 Å². The lowest BCUT2D eigenvalue weighted by molar-refractivity contribution is -0.137. The molecule has 0 N–H and O–H groups in total. The third-order valence-corrected chi connectivity index (χ3v) is 4.57. The number of hydrogen-bond acceptors (Lipinski definition) is 4. The molecule has 0 spiro atoms. The Morgan fingerprint density at radius 2 is 1.88 bits per heavy atom. The molecule has 0 saturated carbocycles. The highest BCUT2D eigenvalue weighted by molar-refractivity contribution is 7.46. The van der Waals surface area contributed by atoms with Crippen molar-refractivity contribution in [2.75, 3.05) is 13.2 Å². The van der Waals surface area contributed by atoms with E-state index in [0.29, 0.717) is 35.6 Å². The summed E-state index contributed by atoms with van der Waals surface area (Å²) in [7, 11) is -1.16. The molecule has 0 radical (unpaired) electrons. The van der Waals surface area contributed by atoms with Gasteiger partial charge in [-0.1, -0.05) is 0 Å². The number of rotatable bonds is 6. The first-order valence-electron chi connectivity index (χ1n) is 5.02. The predicted octanol–water partition coefficient (Wildman–Crippen LogP) is 4.05. The summed E-state index contributed by atoms with van der Waals surface area (Å²) in [5.41, 5.74) is 0. The Morgan fingerprint density at radius 1 is 1.29 bits per heavy atom. The summed E-state index contributed by atoms with van der Waals surface area (Å²) in [6.45, 7) is 4.61. The van der Waals surface area contributed by atoms with E-state index in [2.05, 4.69) is 4.98 Å². The van der Waals surface area contributed by atoms with Gasteiger partial charge in [0.2, 0.25) is 0 Å². The lowest BCUT2D eigenvalue weighted by Gasteiger charge is -2.14. The van der Waals surface area contributed by atoms with Gasteiger partial charge in [0.05, 0.1) is 19.4 Å². The fraction of sp³-hybridized carbons (Fsp3) is 0.667. The van der Waals surface area contributed by atoms with Gasteiger partial charge < -0.3 is 9.05 Å². The molecule has 1 heterocycles. The molecule has 0 saturated heterocycles. The minimum absolute atomic E-state index is 0.352. The van der Waals surface area contributed by atoms with Crippen LogP contribution in [0.25, 0.3) is 0 Å². The van der Waals surface area contributed by atoms with E-state index in [1.807, 2.05) is 13.8 Å². The van der Waals surface area contributed by atoms with Gasteiger partial charge in [0, 0.05) is 11.1 Å². The van der Waals surface area contributed by atoms with Gasteiger partial charge in [-0.2, -0.15) is 13.2 Å². The summed E-state index contributed by atoms with van der Waals surface area (Å²) in [4.78, 5) is 3.89. The third-order valence-electron chi connectivity index (χ3n) is 1.63. The Bertz CT molecular complexity index is 339. The van der Waals surface area contributed by atoms with Crippen molar-refractivity contribution < 1.29 is 22.2 Å². The zero-order chi connectivity index (χ0) is 12.9. The van der Waals surface area contributed by atoms with Crippen molar-refractivity contribution >= 4 is 19.7 Å². The maximum atomic E-state index is 12.3. The van der Waals surface area contributed by atoms with E-state index in [-0.39, 0.29) is 0 Å². The molecule has 1 aromatic rings. The first-order valence-corrected chi connectivity index (χ1v) is 7.20. The molecule has 17 heavy (non-hydrogen) atoms. The molecule has 0 amide bonds. The SMILES string of the molecule is CCOP(Cc1cnc(C(F)(F)F)s1)OCC. The van der Waals surface area contributed by atoms with E-state index in [4.69, 9.17) is 9.05 Å².